The minimum atomic E-state index is 0.393. The fraction of sp³-hybridized carbons (Fsp3) is 0.714. The van der Waals surface area contributed by atoms with Crippen molar-refractivity contribution in [2.24, 2.45) is 0 Å². The molecule has 0 spiro atoms. The van der Waals surface area contributed by atoms with Gasteiger partial charge in [0.05, 0.1) is 19.4 Å². The molecule has 1 saturated carbocycles. The molecule has 2 rings (SSSR count). The largest absolute Gasteiger partial charge is 0.468 e. The summed E-state index contributed by atoms with van der Waals surface area (Å²) in [4.78, 5) is 2.25. The summed E-state index contributed by atoms with van der Waals surface area (Å²) in [6.45, 7) is 4.66. The van der Waals surface area contributed by atoms with Crippen LogP contribution in [0.1, 0.15) is 31.1 Å². The van der Waals surface area contributed by atoms with Gasteiger partial charge in [-0.3, -0.25) is 4.90 Å². The molecular formula is C14H24N2O2. The molecule has 1 aromatic heterocycles. The summed E-state index contributed by atoms with van der Waals surface area (Å²) >= 11 is 0. The van der Waals surface area contributed by atoms with Crippen molar-refractivity contribution in [3.05, 3.63) is 23.7 Å². The van der Waals surface area contributed by atoms with Crippen molar-refractivity contribution in [3.8, 4) is 0 Å². The lowest BCUT2D eigenvalue weighted by atomic mass is 10.2. The molecule has 1 aliphatic carbocycles. The van der Waals surface area contributed by atoms with E-state index in [0.29, 0.717) is 6.04 Å². The average molecular weight is 252 g/mol. The van der Waals surface area contributed by atoms with E-state index in [-0.39, 0.29) is 0 Å². The maximum atomic E-state index is 5.59. The highest BCUT2D eigenvalue weighted by Gasteiger charge is 2.21. The molecule has 1 aromatic rings. The van der Waals surface area contributed by atoms with E-state index in [1.807, 2.05) is 0 Å². The molecule has 1 aliphatic rings. The van der Waals surface area contributed by atoms with E-state index in [1.54, 1.807) is 13.4 Å². The third-order valence-electron chi connectivity index (χ3n) is 3.55. The molecule has 1 N–H and O–H groups in total. The molecule has 0 radical (unpaired) electrons. The first-order valence-electron chi connectivity index (χ1n) is 6.68. The highest BCUT2D eigenvalue weighted by atomic mass is 16.5. The second-order valence-electron chi connectivity index (χ2n) is 5.24. The van der Waals surface area contributed by atoms with E-state index >= 15 is 0 Å². The quantitative estimate of drug-likeness (QED) is 0.768. The molecule has 0 saturated heterocycles. The van der Waals surface area contributed by atoms with Gasteiger partial charge in [-0.1, -0.05) is 0 Å². The lowest BCUT2D eigenvalue weighted by Crippen LogP contribution is -2.32. The van der Waals surface area contributed by atoms with Crippen LogP contribution in [0.5, 0.6) is 0 Å². The predicted molar refractivity (Wildman–Crippen MR) is 71.4 cm³/mol. The van der Waals surface area contributed by atoms with Gasteiger partial charge in [0, 0.05) is 31.3 Å². The van der Waals surface area contributed by atoms with Crippen LogP contribution in [0.15, 0.2) is 16.7 Å². The standard InChI is InChI=1S/C14H24N2O2/c1-11(10-17-3)16(2)9-14-12(6-7-18-14)8-15-13-4-5-13/h6-7,11,13,15H,4-5,8-10H2,1-3H3. The Kier molecular flexibility index (Phi) is 4.80. The van der Waals surface area contributed by atoms with Crippen molar-refractivity contribution in [1.29, 1.82) is 0 Å². The maximum Gasteiger partial charge on any atom is 0.122 e. The van der Waals surface area contributed by atoms with Gasteiger partial charge in [-0.15, -0.1) is 0 Å². The van der Waals surface area contributed by atoms with Gasteiger partial charge in [0.2, 0.25) is 0 Å². The Labute approximate surface area is 109 Å². The monoisotopic (exact) mass is 252 g/mol. The Morgan fingerprint density at radius 3 is 3.00 bits per heavy atom. The van der Waals surface area contributed by atoms with Crippen LogP contribution in [-0.2, 0) is 17.8 Å². The van der Waals surface area contributed by atoms with Gasteiger partial charge < -0.3 is 14.5 Å². The zero-order valence-corrected chi connectivity index (χ0v) is 11.6. The van der Waals surface area contributed by atoms with Gasteiger partial charge in [0.1, 0.15) is 5.76 Å². The molecule has 0 aromatic carbocycles. The van der Waals surface area contributed by atoms with Crippen LogP contribution < -0.4 is 5.32 Å². The van der Waals surface area contributed by atoms with E-state index in [4.69, 9.17) is 9.15 Å². The highest BCUT2D eigenvalue weighted by molar-refractivity contribution is 5.17. The second kappa shape index (κ2) is 6.36. The zero-order valence-electron chi connectivity index (χ0n) is 11.6. The summed E-state index contributed by atoms with van der Waals surface area (Å²) in [5.74, 6) is 1.06. The second-order valence-corrected chi connectivity index (χ2v) is 5.24. The van der Waals surface area contributed by atoms with Crippen LogP contribution in [0.25, 0.3) is 0 Å². The summed E-state index contributed by atoms with van der Waals surface area (Å²) in [7, 11) is 3.84. The van der Waals surface area contributed by atoms with Crippen LogP contribution in [0.4, 0.5) is 0 Å². The number of hydrogen-bond acceptors (Lipinski definition) is 4. The van der Waals surface area contributed by atoms with Crippen LogP contribution in [0, 0.1) is 0 Å². The topological polar surface area (TPSA) is 37.6 Å². The SMILES string of the molecule is COCC(C)N(C)Cc1occc1CNC1CC1. The van der Waals surface area contributed by atoms with Crippen molar-refractivity contribution in [3.63, 3.8) is 0 Å². The maximum absolute atomic E-state index is 5.59. The number of ether oxygens (including phenoxy) is 1. The molecule has 0 bridgehead atoms. The summed E-state index contributed by atoms with van der Waals surface area (Å²) in [6.07, 6.45) is 4.42. The Morgan fingerprint density at radius 1 is 1.56 bits per heavy atom. The van der Waals surface area contributed by atoms with Crippen LogP contribution in [0.3, 0.4) is 0 Å². The van der Waals surface area contributed by atoms with Gasteiger partial charge in [-0.25, -0.2) is 0 Å². The van der Waals surface area contributed by atoms with Crippen molar-refractivity contribution >= 4 is 0 Å². The molecule has 1 unspecified atom stereocenters. The van der Waals surface area contributed by atoms with Gasteiger partial charge >= 0.3 is 0 Å². The van der Waals surface area contributed by atoms with Crippen molar-refractivity contribution in [2.45, 2.75) is 44.9 Å². The molecule has 0 amide bonds. The van der Waals surface area contributed by atoms with E-state index < -0.39 is 0 Å². The minimum absolute atomic E-state index is 0.393. The number of furan rings is 1. The molecule has 1 atom stereocenters. The van der Waals surface area contributed by atoms with E-state index in [2.05, 4.69) is 30.3 Å². The molecule has 102 valence electrons. The third-order valence-corrected chi connectivity index (χ3v) is 3.55. The van der Waals surface area contributed by atoms with Gasteiger partial charge in [0.15, 0.2) is 0 Å². The summed E-state index contributed by atoms with van der Waals surface area (Å²) < 4.78 is 10.8. The average Bonchev–Trinajstić information content (AvgIpc) is 3.08. The van der Waals surface area contributed by atoms with Crippen molar-refractivity contribution in [2.75, 3.05) is 20.8 Å². The summed E-state index contributed by atoms with van der Waals surface area (Å²) in [5, 5.41) is 3.52. The van der Waals surface area contributed by atoms with Crippen molar-refractivity contribution in [1.82, 2.24) is 10.2 Å². The first kappa shape index (κ1) is 13.6. The van der Waals surface area contributed by atoms with E-state index in [1.165, 1.54) is 18.4 Å². The molecular weight excluding hydrogens is 228 g/mol. The normalized spacial score (nSPS) is 17.3. The third kappa shape index (κ3) is 3.83. The first-order valence-corrected chi connectivity index (χ1v) is 6.68. The van der Waals surface area contributed by atoms with Crippen LogP contribution in [-0.4, -0.2) is 37.7 Å². The van der Waals surface area contributed by atoms with Crippen LogP contribution in [0.2, 0.25) is 0 Å². The van der Waals surface area contributed by atoms with Gasteiger partial charge in [-0.2, -0.15) is 0 Å². The lowest BCUT2D eigenvalue weighted by Gasteiger charge is -2.23. The lowest BCUT2D eigenvalue weighted by molar-refractivity contribution is 0.107. The summed E-state index contributed by atoms with van der Waals surface area (Å²) in [5.41, 5.74) is 1.28. The Hall–Kier alpha value is -0.840. The zero-order chi connectivity index (χ0) is 13.0. The van der Waals surface area contributed by atoms with E-state index in [0.717, 1.165) is 31.5 Å². The molecule has 1 heterocycles. The number of rotatable bonds is 8. The number of methoxy groups -OCH3 is 1. The Morgan fingerprint density at radius 2 is 2.33 bits per heavy atom. The fourth-order valence-corrected chi connectivity index (χ4v) is 1.96. The Bertz CT molecular complexity index is 360. The van der Waals surface area contributed by atoms with E-state index in [9.17, 15) is 0 Å². The van der Waals surface area contributed by atoms with Crippen molar-refractivity contribution < 1.29 is 9.15 Å². The molecule has 18 heavy (non-hydrogen) atoms. The molecule has 4 heteroatoms. The first-order chi connectivity index (χ1) is 8.70. The number of hydrogen-bond donors (Lipinski definition) is 1. The minimum Gasteiger partial charge on any atom is -0.468 e. The predicted octanol–water partition coefficient (Wildman–Crippen LogP) is 2.00. The number of likely N-dealkylation sites (N-methyl/N-ethyl adjacent to an activating group) is 1. The summed E-state index contributed by atoms with van der Waals surface area (Å²) in [6, 6.07) is 3.20. The Balaban J connectivity index is 1.85. The fourth-order valence-electron chi connectivity index (χ4n) is 1.96. The number of nitrogens with one attached hydrogen (secondary N) is 1. The molecule has 1 fully saturated rings. The van der Waals surface area contributed by atoms with Crippen LogP contribution >= 0.6 is 0 Å². The molecule has 0 aliphatic heterocycles. The van der Waals surface area contributed by atoms with Gasteiger partial charge in [0.25, 0.3) is 0 Å². The smallest absolute Gasteiger partial charge is 0.122 e. The molecule has 4 nitrogen and oxygen atoms in total. The highest BCUT2D eigenvalue weighted by Crippen LogP contribution is 2.21. The van der Waals surface area contributed by atoms with Gasteiger partial charge in [-0.05, 0) is 32.9 Å². The number of nitrogens with zero attached hydrogens (tertiary/aromatic N) is 1.